The predicted molar refractivity (Wildman–Crippen MR) is 59.1 cm³/mol. The van der Waals surface area contributed by atoms with Crippen molar-refractivity contribution in [2.75, 3.05) is 0 Å². The number of benzene rings is 1. The van der Waals surface area contributed by atoms with E-state index in [1.807, 2.05) is 22.6 Å². The molecule has 0 aliphatic rings. The largest absolute Gasteiger partial charge is 0.507 e. The number of rotatable bonds is 1. The minimum Gasteiger partial charge on any atom is -0.507 e. The third kappa shape index (κ3) is 2.51. The summed E-state index contributed by atoms with van der Waals surface area (Å²) in [6.45, 7) is 0. The smallest absolute Gasteiger partial charge is 0.455 e. The third-order valence-electron chi connectivity index (χ3n) is 1.87. The van der Waals surface area contributed by atoms with Gasteiger partial charge in [0, 0.05) is 3.57 Å². The summed E-state index contributed by atoms with van der Waals surface area (Å²) in [5.41, 5.74) is 0.0694. The molecule has 0 saturated heterocycles. The molecule has 0 bridgehead atoms. The van der Waals surface area contributed by atoms with Crippen LogP contribution in [0.25, 0.3) is 11.5 Å². The number of phenolic OH excluding ortho intramolecular Hbond substituents is 1. The average molecular weight is 356 g/mol. The number of aromatic nitrogens is 2. The Hall–Kier alpha value is -1.32. The normalized spacial score (nSPS) is 11.8. The van der Waals surface area contributed by atoms with Crippen molar-refractivity contribution in [2.24, 2.45) is 0 Å². The van der Waals surface area contributed by atoms with E-state index in [4.69, 9.17) is 0 Å². The maximum atomic E-state index is 12.2. The van der Waals surface area contributed by atoms with Gasteiger partial charge >= 0.3 is 6.18 Å². The van der Waals surface area contributed by atoms with E-state index in [1.54, 1.807) is 6.07 Å². The summed E-state index contributed by atoms with van der Waals surface area (Å²) >= 11 is 1.95. The Balaban J connectivity index is 2.47. The minimum absolute atomic E-state index is 0.0694. The van der Waals surface area contributed by atoms with Gasteiger partial charge in [0.05, 0.1) is 5.56 Å². The lowest BCUT2D eigenvalue weighted by atomic mass is 10.2. The SMILES string of the molecule is Oc1ccc(I)cc1-c1nc(C(F)(F)F)no1. The molecule has 1 aromatic carbocycles. The van der Waals surface area contributed by atoms with Gasteiger partial charge in [-0.25, -0.2) is 0 Å². The van der Waals surface area contributed by atoms with Crippen molar-refractivity contribution in [2.45, 2.75) is 6.18 Å². The van der Waals surface area contributed by atoms with Crippen LogP contribution in [-0.4, -0.2) is 15.2 Å². The number of nitrogens with zero attached hydrogens (tertiary/aromatic N) is 2. The van der Waals surface area contributed by atoms with Crippen molar-refractivity contribution in [1.29, 1.82) is 0 Å². The lowest BCUT2D eigenvalue weighted by Crippen LogP contribution is -2.07. The lowest BCUT2D eigenvalue weighted by Gasteiger charge is -1.99. The van der Waals surface area contributed by atoms with Crippen LogP contribution in [0.3, 0.4) is 0 Å². The van der Waals surface area contributed by atoms with Gasteiger partial charge in [-0.1, -0.05) is 5.16 Å². The van der Waals surface area contributed by atoms with Gasteiger partial charge in [0.1, 0.15) is 5.75 Å². The molecule has 2 aromatic rings. The van der Waals surface area contributed by atoms with Gasteiger partial charge in [0.2, 0.25) is 0 Å². The molecule has 0 amide bonds. The zero-order valence-corrected chi connectivity index (χ0v) is 10.2. The van der Waals surface area contributed by atoms with Gasteiger partial charge < -0.3 is 9.63 Å². The number of halogens is 4. The molecule has 0 aliphatic carbocycles. The molecular weight excluding hydrogens is 352 g/mol. The molecule has 4 nitrogen and oxygen atoms in total. The van der Waals surface area contributed by atoms with Crippen LogP contribution in [0.15, 0.2) is 22.7 Å². The number of aromatic hydroxyl groups is 1. The van der Waals surface area contributed by atoms with Crippen molar-refractivity contribution in [3.63, 3.8) is 0 Å². The molecule has 2 rings (SSSR count). The molecular formula is C9H4F3IN2O2. The van der Waals surface area contributed by atoms with Crippen LogP contribution in [0.5, 0.6) is 5.75 Å². The second kappa shape index (κ2) is 4.17. The topological polar surface area (TPSA) is 59.2 Å². The number of phenols is 1. The Morgan fingerprint density at radius 2 is 2.00 bits per heavy atom. The van der Waals surface area contributed by atoms with Crippen molar-refractivity contribution in [1.82, 2.24) is 10.1 Å². The molecule has 90 valence electrons. The highest BCUT2D eigenvalue weighted by Gasteiger charge is 2.37. The van der Waals surface area contributed by atoms with Crippen LogP contribution in [-0.2, 0) is 6.18 Å². The van der Waals surface area contributed by atoms with Crippen LogP contribution in [0, 0.1) is 3.57 Å². The first kappa shape index (κ1) is 12.1. The molecule has 1 N–H and O–H groups in total. The second-order valence-electron chi connectivity index (χ2n) is 3.08. The Morgan fingerprint density at radius 1 is 1.29 bits per heavy atom. The van der Waals surface area contributed by atoms with Gasteiger partial charge in [-0.05, 0) is 40.8 Å². The van der Waals surface area contributed by atoms with Crippen LogP contribution >= 0.6 is 22.6 Å². The van der Waals surface area contributed by atoms with Gasteiger partial charge in [0.25, 0.3) is 11.7 Å². The van der Waals surface area contributed by atoms with Crippen molar-refractivity contribution in [3.05, 3.63) is 27.6 Å². The number of hydrogen-bond donors (Lipinski definition) is 1. The Bertz CT molecular complexity index is 553. The molecule has 0 saturated carbocycles. The highest BCUT2D eigenvalue weighted by Crippen LogP contribution is 2.32. The third-order valence-corrected chi connectivity index (χ3v) is 2.54. The first-order chi connectivity index (χ1) is 7.88. The fourth-order valence-corrected chi connectivity index (χ4v) is 1.62. The van der Waals surface area contributed by atoms with E-state index < -0.39 is 12.0 Å². The van der Waals surface area contributed by atoms with E-state index >= 15 is 0 Å². The maximum absolute atomic E-state index is 12.2. The molecule has 17 heavy (non-hydrogen) atoms. The van der Waals surface area contributed by atoms with E-state index in [2.05, 4.69) is 14.7 Å². The monoisotopic (exact) mass is 356 g/mol. The first-order valence-electron chi connectivity index (χ1n) is 4.28. The summed E-state index contributed by atoms with van der Waals surface area (Å²) in [7, 11) is 0. The summed E-state index contributed by atoms with van der Waals surface area (Å²) in [5.74, 6) is -1.96. The van der Waals surface area contributed by atoms with Crippen LogP contribution in [0.1, 0.15) is 5.82 Å². The minimum atomic E-state index is -4.67. The Labute approximate surface area is 107 Å². The molecule has 1 aromatic heterocycles. The zero-order valence-electron chi connectivity index (χ0n) is 7.99. The summed E-state index contributed by atoms with van der Waals surface area (Å²) in [6, 6.07) is 4.39. The molecule has 0 unspecified atom stereocenters. The summed E-state index contributed by atoms with van der Waals surface area (Å²) < 4.78 is 41.9. The quantitative estimate of drug-likeness (QED) is 0.798. The second-order valence-corrected chi connectivity index (χ2v) is 4.33. The first-order valence-corrected chi connectivity index (χ1v) is 5.35. The van der Waals surface area contributed by atoms with Crippen molar-refractivity contribution < 1.29 is 22.8 Å². The lowest BCUT2D eigenvalue weighted by molar-refractivity contribution is -0.146. The van der Waals surface area contributed by atoms with Gasteiger partial charge in [-0.2, -0.15) is 18.2 Å². The van der Waals surface area contributed by atoms with E-state index in [0.717, 1.165) is 3.57 Å². The molecule has 0 aliphatic heterocycles. The fraction of sp³-hybridized carbons (Fsp3) is 0.111. The van der Waals surface area contributed by atoms with Gasteiger partial charge in [-0.15, -0.1) is 0 Å². The molecule has 0 fully saturated rings. The van der Waals surface area contributed by atoms with Crippen molar-refractivity contribution >= 4 is 22.6 Å². The molecule has 0 radical (unpaired) electrons. The zero-order chi connectivity index (χ0) is 12.6. The van der Waals surface area contributed by atoms with Gasteiger partial charge in [0.15, 0.2) is 0 Å². The molecule has 1 heterocycles. The molecule has 0 atom stereocenters. The predicted octanol–water partition coefficient (Wildman–Crippen LogP) is 3.07. The number of hydrogen-bond acceptors (Lipinski definition) is 4. The highest BCUT2D eigenvalue weighted by atomic mass is 127. The van der Waals surface area contributed by atoms with E-state index in [-0.39, 0.29) is 17.2 Å². The molecule has 0 spiro atoms. The van der Waals surface area contributed by atoms with Crippen molar-refractivity contribution in [3.8, 4) is 17.2 Å². The maximum Gasteiger partial charge on any atom is 0.455 e. The van der Waals surface area contributed by atoms with Crippen LogP contribution in [0.4, 0.5) is 13.2 Å². The summed E-state index contributed by atoms with van der Waals surface area (Å²) in [5, 5.41) is 12.3. The van der Waals surface area contributed by atoms with E-state index in [1.165, 1.54) is 12.1 Å². The molecule has 8 heteroatoms. The Morgan fingerprint density at radius 3 is 2.59 bits per heavy atom. The van der Waals surface area contributed by atoms with Crippen LogP contribution < -0.4 is 0 Å². The van der Waals surface area contributed by atoms with Crippen LogP contribution in [0.2, 0.25) is 0 Å². The van der Waals surface area contributed by atoms with Gasteiger partial charge in [-0.3, -0.25) is 0 Å². The summed E-state index contributed by atoms with van der Waals surface area (Å²) in [4.78, 5) is 3.19. The highest BCUT2D eigenvalue weighted by molar-refractivity contribution is 14.1. The standard InChI is InChI=1S/C9H4F3IN2O2/c10-9(11,12)8-14-7(17-15-8)5-3-4(13)1-2-6(5)16/h1-3,16H. The van der Waals surface area contributed by atoms with E-state index in [0.29, 0.717) is 0 Å². The summed E-state index contributed by atoms with van der Waals surface area (Å²) in [6.07, 6.45) is -4.67. The van der Waals surface area contributed by atoms with E-state index in [9.17, 15) is 18.3 Å². The average Bonchev–Trinajstić information content (AvgIpc) is 2.70. The number of alkyl halides is 3. The Kier molecular flexibility index (Phi) is 2.98. The fourth-order valence-electron chi connectivity index (χ4n) is 1.13.